The standard InChI is InChI=1S/C20H20BrF3O3/c1-12-10-16(11-13(2)18(12)21)27-17(8-9-20(22,23)24)14-4-6-15(7-5-14)19(25)26-3/h4-7,10-11,17H,8-9H2,1-3H3/t17-/m0/s1. The fourth-order valence-electron chi connectivity index (χ4n) is 2.68. The van der Waals surface area contributed by atoms with Crippen molar-refractivity contribution in [1.82, 2.24) is 0 Å². The Bertz CT molecular complexity index is 778. The summed E-state index contributed by atoms with van der Waals surface area (Å²) in [7, 11) is 1.27. The summed E-state index contributed by atoms with van der Waals surface area (Å²) in [6, 6.07) is 9.77. The minimum atomic E-state index is -4.28. The van der Waals surface area contributed by atoms with Gasteiger partial charge in [-0.25, -0.2) is 4.79 Å². The minimum Gasteiger partial charge on any atom is -0.486 e. The largest absolute Gasteiger partial charge is 0.486 e. The predicted octanol–water partition coefficient (Wildman–Crippen LogP) is 6.32. The molecule has 0 fully saturated rings. The second kappa shape index (κ2) is 8.78. The average molecular weight is 445 g/mol. The molecule has 0 aliphatic rings. The number of hydrogen-bond donors (Lipinski definition) is 0. The third-order valence-corrected chi connectivity index (χ3v) is 5.33. The number of rotatable bonds is 6. The Kier molecular flexibility index (Phi) is 6.92. The zero-order valence-corrected chi connectivity index (χ0v) is 16.8. The van der Waals surface area contributed by atoms with E-state index in [-0.39, 0.29) is 6.42 Å². The fourth-order valence-corrected chi connectivity index (χ4v) is 2.91. The SMILES string of the molecule is COC(=O)c1ccc([C@H](CCC(F)(F)F)Oc2cc(C)c(Br)c(C)c2)cc1. The van der Waals surface area contributed by atoms with Gasteiger partial charge in [-0.1, -0.05) is 28.1 Å². The number of hydrogen-bond acceptors (Lipinski definition) is 3. The minimum absolute atomic E-state index is 0.227. The van der Waals surface area contributed by atoms with Crippen molar-refractivity contribution < 1.29 is 27.4 Å². The van der Waals surface area contributed by atoms with Gasteiger partial charge in [0.1, 0.15) is 11.9 Å². The van der Waals surface area contributed by atoms with Gasteiger partial charge in [0.25, 0.3) is 0 Å². The van der Waals surface area contributed by atoms with Crippen molar-refractivity contribution in [2.45, 2.75) is 39.0 Å². The van der Waals surface area contributed by atoms with Gasteiger partial charge in [-0.05, 0) is 61.2 Å². The first-order valence-corrected chi connectivity index (χ1v) is 9.08. The van der Waals surface area contributed by atoms with Crippen LogP contribution in [0.15, 0.2) is 40.9 Å². The molecule has 0 heterocycles. The van der Waals surface area contributed by atoms with Crippen LogP contribution < -0.4 is 4.74 Å². The summed E-state index contributed by atoms with van der Waals surface area (Å²) < 4.78 is 49.7. The Morgan fingerprint density at radius 1 is 1.11 bits per heavy atom. The third-order valence-electron chi connectivity index (χ3n) is 4.08. The summed E-state index contributed by atoms with van der Waals surface area (Å²) in [5.41, 5.74) is 2.75. The Hall–Kier alpha value is -2.02. The topological polar surface area (TPSA) is 35.5 Å². The number of aryl methyl sites for hydroxylation is 2. The van der Waals surface area contributed by atoms with Crippen LogP contribution in [-0.2, 0) is 4.74 Å². The van der Waals surface area contributed by atoms with Crippen LogP contribution in [0.5, 0.6) is 5.75 Å². The molecular formula is C20H20BrF3O3. The molecule has 3 nitrogen and oxygen atoms in total. The molecule has 0 saturated heterocycles. The van der Waals surface area contributed by atoms with Gasteiger partial charge in [-0.15, -0.1) is 0 Å². The van der Waals surface area contributed by atoms with E-state index in [2.05, 4.69) is 20.7 Å². The normalized spacial score (nSPS) is 12.6. The van der Waals surface area contributed by atoms with Gasteiger partial charge >= 0.3 is 12.1 Å². The van der Waals surface area contributed by atoms with E-state index in [1.54, 1.807) is 24.3 Å². The van der Waals surface area contributed by atoms with E-state index in [0.717, 1.165) is 15.6 Å². The summed E-state index contributed by atoms with van der Waals surface area (Å²) in [4.78, 5) is 11.5. The van der Waals surface area contributed by atoms with E-state index >= 15 is 0 Å². The highest BCUT2D eigenvalue weighted by atomic mass is 79.9. The van der Waals surface area contributed by atoms with Crippen LogP contribution in [0, 0.1) is 13.8 Å². The second-order valence-corrected chi connectivity index (χ2v) is 7.04. The van der Waals surface area contributed by atoms with Crippen molar-refractivity contribution >= 4 is 21.9 Å². The molecule has 0 aromatic heterocycles. The quantitative estimate of drug-likeness (QED) is 0.489. The highest BCUT2D eigenvalue weighted by Crippen LogP contribution is 2.33. The summed E-state index contributed by atoms with van der Waals surface area (Å²) in [6.07, 6.45) is -6.27. The number of esters is 1. The average Bonchev–Trinajstić information content (AvgIpc) is 2.61. The smallest absolute Gasteiger partial charge is 0.389 e. The lowest BCUT2D eigenvalue weighted by molar-refractivity contribution is -0.139. The second-order valence-electron chi connectivity index (χ2n) is 6.24. The van der Waals surface area contributed by atoms with Gasteiger partial charge in [0.05, 0.1) is 12.7 Å². The summed E-state index contributed by atoms with van der Waals surface area (Å²) in [6.45, 7) is 3.78. The molecule has 2 rings (SSSR count). The van der Waals surface area contributed by atoms with E-state index < -0.39 is 24.7 Å². The molecule has 0 saturated carbocycles. The molecule has 0 spiro atoms. The molecule has 0 N–H and O–H groups in total. The molecule has 0 unspecified atom stereocenters. The van der Waals surface area contributed by atoms with Crippen LogP contribution in [0.2, 0.25) is 0 Å². The summed E-state index contributed by atoms with van der Waals surface area (Å²) in [5.74, 6) is -0.00844. The molecule has 27 heavy (non-hydrogen) atoms. The molecule has 7 heteroatoms. The van der Waals surface area contributed by atoms with Crippen molar-refractivity contribution in [2.24, 2.45) is 0 Å². The van der Waals surface area contributed by atoms with Crippen molar-refractivity contribution in [1.29, 1.82) is 0 Å². The van der Waals surface area contributed by atoms with E-state index in [1.165, 1.54) is 19.2 Å². The number of alkyl halides is 3. The molecule has 1 atom stereocenters. The van der Waals surface area contributed by atoms with Crippen LogP contribution in [-0.4, -0.2) is 19.3 Å². The van der Waals surface area contributed by atoms with Gasteiger partial charge in [-0.3, -0.25) is 0 Å². The van der Waals surface area contributed by atoms with Crippen molar-refractivity contribution in [3.63, 3.8) is 0 Å². The Morgan fingerprint density at radius 3 is 2.15 bits per heavy atom. The Morgan fingerprint density at radius 2 is 1.67 bits per heavy atom. The zero-order valence-electron chi connectivity index (χ0n) is 15.2. The number of methoxy groups -OCH3 is 1. The monoisotopic (exact) mass is 444 g/mol. The molecule has 0 bridgehead atoms. The van der Waals surface area contributed by atoms with Crippen LogP contribution in [0.25, 0.3) is 0 Å². The molecule has 0 radical (unpaired) electrons. The molecule has 2 aromatic carbocycles. The van der Waals surface area contributed by atoms with Crippen LogP contribution in [0.3, 0.4) is 0 Å². The summed E-state index contributed by atoms with van der Waals surface area (Å²) in [5, 5.41) is 0. The number of carbonyl (C=O) groups is 1. The van der Waals surface area contributed by atoms with Crippen LogP contribution in [0.1, 0.15) is 46.0 Å². The fraction of sp³-hybridized carbons (Fsp3) is 0.350. The summed E-state index contributed by atoms with van der Waals surface area (Å²) >= 11 is 3.46. The number of halogens is 4. The van der Waals surface area contributed by atoms with Crippen LogP contribution in [0.4, 0.5) is 13.2 Å². The molecule has 0 aliphatic carbocycles. The Balaban J connectivity index is 2.29. The van der Waals surface area contributed by atoms with Gasteiger partial charge in [0.15, 0.2) is 0 Å². The lowest BCUT2D eigenvalue weighted by Crippen LogP contribution is -2.14. The third kappa shape index (κ3) is 5.99. The first-order valence-electron chi connectivity index (χ1n) is 8.29. The van der Waals surface area contributed by atoms with E-state index in [0.29, 0.717) is 16.9 Å². The zero-order chi connectivity index (χ0) is 20.2. The van der Waals surface area contributed by atoms with Crippen molar-refractivity contribution in [3.8, 4) is 5.75 Å². The first-order chi connectivity index (χ1) is 12.6. The van der Waals surface area contributed by atoms with Gasteiger partial charge in [-0.2, -0.15) is 13.2 Å². The number of benzene rings is 2. The van der Waals surface area contributed by atoms with Crippen molar-refractivity contribution in [3.05, 3.63) is 63.1 Å². The maximum atomic E-state index is 12.7. The van der Waals surface area contributed by atoms with E-state index in [4.69, 9.17) is 4.74 Å². The number of carbonyl (C=O) groups excluding carboxylic acids is 1. The van der Waals surface area contributed by atoms with E-state index in [1.807, 2.05) is 13.8 Å². The lowest BCUT2D eigenvalue weighted by Gasteiger charge is -2.21. The van der Waals surface area contributed by atoms with Crippen LogP contribution >= 0.6 is 15.9 Å². The first kappa shape index (κ1) is 21.3. The molecule has 2 aromatic rings. The van der Waals surface area contributed by atoms with Crippen molar-refractivity contribution in [2.75, 3.05) is 7.11 Å². The molecule has 0 amide bonds. The predicted molar refractivity (Wildman–Crippen MR) is 100 cm³/mol. The maximum Gasteiger partial charge on any atom is 0.389 e. The van der Waals surface area contributed by atoms with Gasteiger partial charge in [0, 0.05) is 10.9 Å². The number of ether oxygens (including phenoxy) is 2. The maximum absolute atomic E-state index is 12.7. The molecule has 0 aliphatic heterocycles. The highest BCUT2D eigenvalue weighted by Gasteiger charge is 2.29. The van der Waals surface area contributed by atoms with Gasteiger partial charge in [0.2, 0.25) is 0 Å². The van der Waals surface area contributed by atoms with Gasteiger partial charge < -0.3 is 9.47 Å². The van der Waals surface area contributed by atoms with E-state index in [9.17, 15) is 18.0 Å². The molecular weight excluding hydrogens is 425 g/mol. The highest BCUT2D eigenvalue weighted by molar-refractivity contribution is 9.10. The molecule has 146 valence electrons. The Labute approximate surface area is 164 Å². The lowest BCUT2D eigenvalue weighted by atomic mass is 10.0.